The number of benzene rings is 2. The fourth-order valence-corrected chi connectivity index (χ4v) is 5.84. The summed E-state index contributed by atoms with van der Waals surface area (Å²) >= 11 is 6.16. The van der Waals surface area contributed by atoms with E-state index in [4.69, 9.17) is 11.6 Å². The molecule has 3 aliphatic rings. The fraction of sp³-hybridized carbons (Fsp3) is 0.323. The number of carbonyl (C=O) groups is 1. The molecule has 2 fully saturated rings. The van der Waals surface area contributed by atoms with E-state index in [1.807, 2.05) is 0 Å². The Bertz CT molecular complexity index is 1690. The topological polar surface area (TPSA) is 79.8 Å². The van der Waals surface area contributed by atoms with E-state index in [2.05, 4.69) is 15.3 Å². The Hall–Kier alpha value is -3.78. The molecule has 2 saturated carbocycles. The number of fused-ring (bicyclic) bond motifs is 3. The third-order valence-electron chi connectivity index (χ3n) is 8.19. The van der Waals surface area contributed by atoms with Crippen molar-refractivity contribution in [3.05, 3.63) is 98.8 Å². The van der Waals surface area contributed by atoms with Gasteiger partial charge < -0.3 is 14.9 Å². The quantitative estimate of drug-likeness (QED) is 0.285. The molecule has 3 heterocycles. The fourth-order valence-electron chi connectivity index (χ4n) is 5.69. The van der Waals surface area contributed by atoms with Gasteiger partial charge in [0, 0.05) is 28.9 Å². The van der Waals surface area contributed by atoms with Crippen LogP contribution in [0.4, 0.5) is 8.78 Å². The largest absolute Gasteiger partial charge is 0.346 e. The van der Waals surface area contributed by atoms with E-state index in [1.54, 1.807) is 30.6 Å². The molecule has 0 bridgehead atoms. The summed E-state index contributed by atoms with van der Waals surface area (Å²) in [5.74, 6) is -0.282. The number of aromatic nitrogens is 3. The van der Waals surface area contributed by atoms with Crippen LogP contribution < -0.4 is 10.9 Å². The summed E-state index contributed by atoms with van der Waals surface area (Å²) in [5, 5.41) is 3.09. The average molecular weight is 563 g/mol. The second-order valence-electron chi connectivity index (χ2n) is 11.0. The third-order valence-corrected chi connectivity index (χ3v) is 8.48. The molecule has 0 saturated heterocycles. The summed E-state index contributed by atoms with van der Waals surface area (Å²) in [7, 11) is 0. The average Bonchev–Trinajstić information content (AvgIpc) is 3.83. The second-order valence-corrected chi connectivity index (χ2v) is 11.4. The number of amides is 1. The van der Waals surface area contributed by atoms with E-state index in [0.29, 0.717) is 30.3 Å². The van der Waals surface area contributed by atoms with Crippen molar-refractivity contribution < 1.29 is 13.6 Å². The van der Waals surface area contributed by atoms with E-state index >= 15 is 4.39 Å². The normalized spacial score (nSPS) is 17.6. The van der Waals surface area contributed by atoms with Crippen molar-refractivity contribution >= 4 is 17.5 Å². The van der Waals surface area contributed by atoms with Gasteiger partial charge in [-0.3, -0.25) is 9.59 Å². The molecule has 1 atom stereocenters. The van der Waals surface area contributed by atoms with Gasteiger partial charge in [0.05, 0.1) is 28.5 Å². The molecule has 1 aliphatic heterocycles. The SMILES string of the molecule is C.O=C1NC2(CC2)Cc2ccc(Cl)c(F)c2-c2cc(=O)n([C@@H](CC3CC3)c3ncc(-c4ccc(F)cc4)[nH]3)cc21. The van der Waals surface area contributed by atoms with Crippen LogP contribution in [-0.2, 0) is 6.42 Å². The van der Waals surface area contributed by atoms with Gasteiger partial charge in [-0.15, -0.1) is 0 Å². The van der Waals surface area contributed by atoms with Crippen molar-refractivity contribution in [2.45, 2.75) is 57.5 Å². The number of halogens is 3. The zero-order valence-corrected chi connectivity index (χ0v) is 21.7. The van der Waals surface area contributed by atoms with Crippen molar-refractivity contribution in [1.82, 2.24) is 19.9 Å². The van der Waals surface area contributed by atoms with Crippen LogP contribution in [0.5, 0.6) is 0 Å². The number of carbonyl (C=O) groups excluding carboxylic acids is 1. The first kappa shape index (κ1) is 26.4. The molecule has 2 aromatic heterocycles. The summed E-state index contributed by atoms with van der Waals surface area (Å²) in [5.41, 5.74) is 2.11. The molecule has 4 aromatic rings. The zero-order chi connectivity index (χ0) is 26.9. The Labute approximate surface area is 235 Å². The maximum atomic E-state index is 15.5. The van der Waals surface area contributed by atoms with E-state index in [1.165, 1.54) is 28.8 Å². The molecule has 0 radical (unpaired) electrons. The van der Waals surface area contributed by atoms with Crippen LogP contribution in [-0.4, -0.2) is 26.0 Å². The Kier molecular flexibility index (Phi) is 6.41. The zero-order valence-electron chi connectivity index (χ0n) is 20.9. The number of pyridine rings is 1. The number of imidazole rings is 1. The molecule has 1 spiro atoms. The maximum Gasteiger partial charge on any atom is 0.253 e. The van der Waals surface area contributed by atoms with Crippen LogP contribution in [0.1, 0.15) is 67.3 Å². The highest BCUT2D eigenvalue weighted by Gasteiger charge is 2.46. The summed E-state index contributed by atoms with van der Waals surface area (Å²) in [6, 6.07) is 10.3. The van der Waals surface area contributed by atoms with Crippen LogP contribution in [0.3, 0.4) is 0 Å². The highest BCUT2D eigenvalue weighted by Crippen LogP contribution is 2.45. The summed E-state index contributed by atoms with van der Waals surface area (Å²) in [6.07, 6.45) is 8.08. The van der Waals surface area contributed by atoms with Crippen molar-refractivity contribution in [3.8, 4) is 22.4 Å². The van der Waals surface area contributed by atoms with Crippen LogP contribution >= 0.6 is 11.6 Å². The van der Waals surface area contributed by atoms with Crippen LogP contribution in [0.15, 0.2) is 59.7 Å². The number of nitrogens with zero attached hydrogens (tertiary/aromatic N) is 2. The first-order chi connectivity index (χ1) is 18.8. The molecule has 2 aliphatic carbocycles. The van der Waals surface area contributed by atoms with Crippen molar-refractivity contribution in [2.24, 2.45) is 5.92 Å². The monoisotopic (exact) mass is 562 g/mol. The summed E-state index contributed by atoms with van der Waals surface area (Å²) in [4.78, 5) is 35.1. The Balaban J connectivity index is 0.00000289. The van der Waals surface area contributed by atoms with Gasteiger partial charge in [-0.25, -0.2) is 13.8 Å². The van der Waals surface area contributed by atoms with Gasteiger partial charge >= 0.3 is 0 Å². The van der Waals surface area contributed by atoms with E-state index in [-0.39, 0.29) is 46.4 Å². The first-order valence-corrected chi connectivity index (χ1v) is 13.5. The number of rotatable bonds is 5. The Morgan fingerprint density at radius 2 is 1.82 bits per heavy atom. The van der Waals surface area contributed by atoms with Gasteiger partial charge in [0.25, 0.3) is 11.5 Å². The van der Waals surface area contributed by atoms with Crippen molar-refractivity contribution in [1.29, 1.82) is 0 Å². The maximum absolute atomic E-state index is 15.5. The number of nitrogens with one attached hydrogen (secondary N) is 2. The predicted octanol–water partition coefficient (Wildman–Crippen LogP) is 6.68. The minimum absolute atomic E-state index is 0. The Morgan fingerprint density at radius 1 is 1.07 bits per heavy atom. The second kappa shape index (κ2) is 9.70. The molecular weight excluding hydrogens is 534 g/mol. The molecule has 40 heavy (non-hydrogen) atoms. The van der Waals surface area contributed by atoms with Gasteiger partial charge in [0.15, 0.2) is 0 Å². The lowest BCUT2D eigenvalue weighted by Gasteiger charge is -2.26. The van der Waals surface area contributed by atoms with Crippen LogP contribution in [0.25, 0.3) is 22.4 Å². The first-order valence-electron chi connectivity index (χ1n) is 13.2. The van der Waals surface area contributed by atoms with Gasteiger partial charge in [-0.2, -0.15) is 0 Å². The summed E-state index contributed by atoms with van der Waals surface area (Å²) < 4.78 is 30.5. The highest BCUT2D eigenvalue weighted by atomic mass is 35.5. The number of hydrogen-bond donors (Lipinski definition) is 2. The molecular formula is C31H29ClF2N4O2. The molecule has 6 nitrogen and oxygen atoms in total. The lowest BCUT2D eigenvalue weighted by atomic mass is 9.89. The highest BCUT2D eigenvalue weighted by molar-refractivity contribution is 6.31. The number of aromatic amines is 1. The molecule has 9 heteroatoms. The van der Waals surface area contributed by atoms with Gasteiger partial charge in [-0.1, -0.05) is 37.9 Å². The molecule has 206 valence electrons. The standard InChI is InChI=1S/C30H25ClF2N4O2.CH4/c31-22-8-5-18-13-30(9-10-30)36-29(39)21-15-37(25(38)12-20(21)26(18)27(22)33)24(11-16-1-2-16)28-34-14-23(35-28)17-3-6-19(32)7-4-17;/h3-8,12,14-16,24H,1-2,9-11,13H2,(H,34,35)(H,36,39);1H4/t24-;/m0./s1. The van der Waals surface area contributed by atoms with Gasteiger partial charge in [-0.05, 0) is 73.1 Å². The minimum Gasteiger partial charge on any atom is -0.346 e. The Morgan fingerprint density at radius 3 is 2.52 bits per heavy atom. The molecule has 2 aromatic carbocycles. The molecule has 7 rings (SSSR count). The molecule has 1 amide bonds. The van der Waals surface area contributed by atoms with E-state index < -0.39 is 17.4 Å². The molecule has 0 unspecified atom stereocenters. The van der Waals surface area contributed by atoms with E-state index in [0.717, 1.165) is 36.8 Å². The number of hydrogen-bond acceptors (Lipinski definition) is 3. The van der Waals surface area contributed by atoms with Gasteiger partial charge in [0.1, 0.15) is 17.5 Å². The third kappa shape index (κ3) is 4.64. The van der Waals surface area contributed by atoms with Crippen molar-refractivity contribution in [3.63, 3.8) is 0 Å². The lowest BCUT2D eigenvalue weighted by molar-refractivity contribution is 0.0930. The van der Waals surface area contributed by atoms with E-state index in [9.17, 15) is 14.0 Å². The van der Waals surface area contributed by atoms with Crippen molar-refractivity contribution in [2.75, 3.05) is 0 Å². The minimum atomic E-state index is -0.623. The molecule has 2 N–H and O–H groups in total. The van der Waals surface area contributed by atoms with Crippen LogP contribution in [0.2, 0.25) is 5.02 Å². The lowest BCUT2D eigenvalue weighted by Crippen LogP contribution is -2.41. The van der Waals surface area contributed by atoms with Gasteiger partial charge in [0.2, 0.25) is 0 Å². The summed E-state index contributed by atoms with van der Waals surface area (Å²) in [6.45, 7) is 0. The van der Waals surface area contributed by atoms with Crippen LogP contribution in [0, 0.1) is 17.6 Å². The predicted molar refractivity (Wildman–Crippen MR) is 150 cm³/mol. The smallest absolute Gasteiger partial charge is 0.253 e. The number of H-pyrrole nitrogens is 1.